The van der Waals surface area contributed by atoms with Crippen molar-refractivity contribution >= 4 is 46.9 Å². The fourth-order valence-electron chi connectivity index (χ4n) is 3.16. The third-order valence-electron chi connectivity index (χ3n) is 5.10. The van der Waals surface area contributed by atoms with Crippen LogP contribution in [0.4, 0.5) is 17.1 Å². The molecule has 0 bridgehead atoms. The van der Waals surface area contributed by atoms with E-state index in [1.807, 2.05) is 30.3 Å². The van der Waals surface area contributed by atoms with Crippen LogP contribution in [-0.4, -0.2) is 44.6 Å². The highest BCUT2D eigenvalue weighted by Gasteiger charge is 2.25. The van der Waals surface area contributed by atoms with Crippen molar-refractivity contribution in [2.75, 3.05) is 5.75 Å². The number of carbonyl (C=O) groups excluding carboxylic acids is 2. The molecule has 3 aromatic rings. The molecular weight excluding hydrogens is 532 g/mol. The number of nitrogens with one attached hydrogen (secondary N) is 2. The number of nitrogens with zero attached hydrogens (tertiary/aromatic N) is 4. The number of nitro groups is 3. The average Bonchev–Trinajstić information content (AvgIpc) is 2.92. The standard InChI is InChI=1S/C24H20N6O8S/c31-23(18-10-20(29(35)36)12-21(11-18)30(37)38)26-22(15-39-14-17-4-2-1-3-5-17)24(32)27-25-13-16-6-8-19(9-7-16)28(33)34/h1-13,22H,14-15H2,(H,26,31)(H,27,32)/b25-13+. The summed E-state index contributed by atoms with van der Waals surface area (Å²) >= 11 is 1.32. The monoisotopic (exact) mass is 552 g/mol. The van der Waals surface area contributed by atoms with Crippen molar-refractivity contribution in [1.82, 2.24) is 10.7 Å². The molecule has 0 saturated heterocycles. The summed E-state index contributed by atoms with van der Waals surface area (Å²) in [6.07, 6.45) is 1.25. The minimum absolute atomic E-state index is 0.0799. The number of amides is 2. The van der Waals surface area contributed by atoms with Crippen LogP contribution >= 0.6 is 11.8 Å². The van der Waals surface area contributed by atoms with Gasteiger partial charge in [0.05, 0.1) is 32.6 Å². The molecule has 1 atom stereocenters. The smallest absolute Gasteiger partial charge is 0.277 e. The van der Waals surface area contributed by atoms with Gasteiger partial charge in [-0.2, -0.15) is 16.9 Å². The zero-order valence-corrected chi connectivity index (χ0v) is 20.8. The van der Waals surface area contributed by atoms with Crippen LogP contribution in [0.5, 0.6) is 0 Å². The number of thioether (sulfide) groups is 1. The van der Waals surface area contributed by atoms with E-state index in [1.54, 1.807) is 0 Å². The largest absolute Gasteiger partial charge is 0.339 e. The summed E-state index contributed by atoms with van der Waals surface area (Å²) in [7, 11) is 0. The molecule has 0 spiro atoms. The van der Waals surface area contributed by atoms with Gasteiger partial charge in [0.2, 0.25) is 0 Å². The van der Waals surface area contributed by atoms with Crippen LogP contribution in [0.1, 0.15) is 21.5 Å². The fourth-order valence-corrected chi connectivity index (χ4v) is 4.18. The van der Waals surface area contributed by atoms with Crippen LogP contribution in [-0.2, 0) is 10.5 Å². The zero-order valence-electron chi connectivity index (χ0n) is 20.0. The maximum absolute atomic E-state index is 12.9. The topological polar surface area (TPSA) is 200 Å². The lowest BCUT2D eigenvalue weighted by molar-refractivity contribution is -0.394. The van der Waals surface area contributed by atoms with Crippen molar-refractivity contribution in [3.63, 3.8) is 0 Å². The highest BCUT2D eigenvalue weighted by Crippen LogP contribution is 2.23. The van der Waals surface area contributed by atoms with Gasteiger partial charge in [0.25, 0.3) is 28.9 Å². The molecule has 2 amide bonds. The number of benzene rings is 3. The first-order chi connectivity index (χ1) is 18.6. The summed E-state index contributed by atoms with van der Waals surface area (Å²) in [6, 6.07) is 16.0. The molecule has 0 aliphatic rings. The summed E-state index contributed by atoms with van der Waals surface area (Å²) in [5, 5.41) is 39.4. The van der Waals surface area contributed by atoms with E-state index >= 15 is 0 Å². The Hall–Kier alpha value is -5.18. The van der Waals surface area contributed by atoms with Gasteiger partial charge in [0.1, 0.15) is 6.04 Å². The molecule has 200 valence electrons. The van der Waals surface area contributed by atoms with Crippen LogP contribution in [0.3, 0.4) is 0 Å². The third-order valence-corrected chi connectivity index (χ3v) is 6.20. The molecular formula is C24H20N6O8S. The maximum Gasteiger partial charge on any atom is 0.277 e. The average molecular weight is 553 g/mol. The molecule has 0 aliphatic carbocycles. The van der Waals surface area contributed by atoms with E-state index < -0.39 is 44.0 Å². The quantitative estimate of drug-likeness (QED) is 0.191. The summed E-state index contributed by atoms with van der Waals surface area (Å²) < 4.78 is 0. The van der Waals surface area contributed by atoms with Gasteiger partial charge in [-0.1, -0.05) is 30.3 Å². The van der Waals surface area contributed by atoms with Crippen LogP contribution in [0.15, 0.2) is 77.9 Å². The molecule has 0 radical (unpaired) electrons. The summed E-state index contributed by atoms with van der Waals surface area (Å²) in [4.78, 5) is 56.6. The molecule has 1 unspecified atom stereocenters. The molecule has 3 aromatic carbocycles. The Morgan fingerprint density at radius 2 is 1.44 bits per heavy atom. The molecule has 0 aromatic heterocycles. The molecule has 0 saturated carbocycles. The van der Waals surface area contributed by atoms with E-state index in [0.29, 0.717) is 11.3 Å². The van der Waals surface area contributed by atoms with Crippen molar-refractivity contribution in [2.24, 2.45) is 5.10 Å². The predicted octanol–water partition coefficient (Wildman–Crippen LogP) is 3.59. The van der Waals surface area contributed by atoms with Gasteiger partial charge in [0, 0.05) is 35.8 Å². The first-order valence-corrected chi connectivity index (χ1v) is 12.2. The maximum atomic E-state index is 12.9. The second-order valence-electron chi connectivity index (χ2n) is 7.86. The number of non-ortho nitro benzene ring substituents is 3. The first-order valence-electron chi connectivity index (χ1n) is 11.1. The van der Waals surface area contributed by atoms with E-state index in [4.69, 9.17) is 0 Å². The van der Waals surface area contributed by atoms with Crippen LogP contribution in [0.2, 0.25) is 0 Å². The van der Waals surface area contributed by atoms with Gasteiger partial charge in [0.15, 0.2) is 0 Å². The Labute approximate surface area is 224 Å². The number of rotatable bonds is 12. The Morgan fingerprint density at radius 1 is 0.846 bits per heavy atom. The minimum Gasteiger partial charge on any atom is -0.339 e. The van der Waals surface area contributed by atoms with Crippen molar-refractivity contribution < 1.29 is 24.4 Å². The number of carbonyl (C=O) groups is 2. The first kappa shape index (κ1) is 28.4. The summed E-state index contributed by atoms with van der Waals surface area (Å²) in [6.45, 7) is 0. The number of hydrazone groups is 1. The number of nitro benzene ring substituents is 3. The molecule has 3 rings (SSSR count). The highest BCUT2D eigenvalue weighted by molar-refractivity contribution is 7.98. The summed E-state index contributed by atoms with van der Waals surface area (Å²) in [5.74, 6) is -1.06. The van der Waals surface area contributed by atoms with Crippen molar-refractivity contribution in [1.29, 1.82) is 0 Å². The molecule has 0 heterocycles. The molecule has 2 N–H and O–H groups in total. The van der Waals surface area contributed by atoms with Crippen LogP contribution in [0.25, 0.3) is 0 Å². The lowest BCUT2D eigenvalue weighted by Crippen LogP contribution is -2.47. The van der Waals surface area contributed by atoms with E-state index in [-0.39, 0.29) is 17.0 Å². The normalized spacial score (nSPS) is 11.5. The Morgan fingerprint density at radius 3 is 2.00 bits per heavy atom. The second kappa shape index (κ2) is 13.4. The third kappa shape index (κ3) is 8.43. The molecule has 39 heavy (non-hydrogen) atoms. The lowest BCUT2D eigenvalue weighted by Gasteiger charge is -2.17. The van der Waals surface area contributed by atoms with Gasteiger partial charge in [-0.3, -0.25) is 39.9 Å². The van der Waals surface area contributed by atoms with Crippen molar-refractivity contribution in [3.8, 4) is 0 Å². The summed E-state index contributed by atoms with van der Waals surface area (Å²) in [5.41, 5.74) is 1.94. The molecule has 14 nitrogen and oxygen atoms in total. The SMILES string of the molecule is O=C(NC(CSCc1ccccc1)C(=O)N/N=C/c1ccc([N+](=O)[O-])cc1)c1cc([N+](=O)[O-])cc([N+](=O)[O-])c1. The molecule has 0 aliphatic heterocycles. The number of hydrogen-bond donors (Lipinski definition) is 2. The van der Waals surface area contributed by atoms with Crippen LogP contribution < -0.4 is 10.7 Å². The predicted molar refractivity (Wildman–Crippen MR) is 142 cm³/mol. The molecule has 15 heteroatoms. The zero-order chi connectivity index (χ0) is 28.4. The Bertz CT molecular complexity index is 1380. The van der Waals surface area contributed by atoms with E-state index in [0.717, 1.165) is 23.8 Å². The van der Waals surface area contributed by atoms with E-state index in [1.165, 1.54) is 42.2 Å². The minimum atomic E-state index is -1.17. The second-order valence-corrected chi connectivity index (χ2v) is 8.89. The molecule has 0 fully saturated rings. The van der Waals surface area contributed by atoms with Crippen LogP contribution in [0, 0.1) is 30.3 Å². The van der Waals surface area contributed by atoms with Gasteiger partial charge < -0.3 is 5.32 Å². The van der Waals surface area contributed by atoms with Gasteiger partial charge in [-0.15, -0.1) is 0 Å². The van der Waals surface area contributed by atoms with E-state index in [2.05, 4.69) is 15.8 Å². The fraction of sp³-hybridized carbons (Fsp3) is 0.125. The number of hydrogen-bond acceptors (Lipinski definition) is 10. The lowest BCUT2D eigenvalue weighted by atomic mass is 10.1. The van der Waals surface area contributed by atoms with Crippen molar-refractivity contribution in [2.45, 2.75) is 11.8 Å². The van der Waals surface area contributed by atoms with Gasteiger partial charge >= 0.3 is 0 Å². The van der Waals surface area contributed by atoms with Gasteiger partial charge in [-0.05, 0) is 23.3 Å². The Balaban J connectivity index is 1.75. The Kier molecular flexibility index (Phi) is 9.75. The van der Waals surface area contributed by atoms with E-state index in [9.17, 15) is 39.9 Å². The highest BCUT2D eigenvalue weighted by atomic mass is 32.2. The van der Waals surface area contributed by atoms with Gasteiger partial charge in [-0.25, -0.2) is 5.43 Å². The van der Waals surface area contributed by atoms with Crippen molar-refractivity contribution in [3.05, 3.63) is 120 Å².